The van der Waals surface area contributed by atoms with Crippen LogP contribution in [0, 0.1) is 10.1 Å². The van der Waals surface area contributed by atoms with E-state index in [4.69, 9.17) is 4.98 Å². The predicted molar refractivity (Wildman–Crippen MR) is 140 cm³/mol. The van der Waals surface area contributed by atoms with Crippen molar-refractivity contribution in [3.8, 4) is 22.4 Å². The summed E-state index contributed by atoms with van der Waals surface area (Å²) in [4.78, 5) is 43.2. The van der Waals surface area contributed by atoms with Gasteiger partial charge in [-0.1, -0.05) is 24.3 Å². The minimum atomic E-state index is -0.410. The minimum Gasteiger partial charge on any atom is -0.340 e. The van der Waals surface area contributed by atoms with Crippen molar-refractivity contribution in [3.63, 3.8) is 0 Å². The smallest absolute Gasteiger partial charge is 0.269 e. The molecule has 2 aromatic carbocycles. The van der Waals surface area contributed by atoms with Crippen LogP contribution in [0.15, 0.2) is 66.9 Å². The Hall–Kier alpha value is -4.37. The second-order valence-corrected chi connectivity index (χ2v) is 9.27. The molecule has 4 aromatic rings. The molecule has 0 atom stereocenters. The van der Waals surface area contributed by atoms with Crippen molar-refractivity contribution < 1.29 is 14.5 Å². The third-order valence-corrected chi connectivity index (χ3v) is 6.88. The number of nitrogens with zero attached hydrogens (tertiary/aromatic N) is 5. The highest BCUT2D eigenvalue weighted by molar-refractivity contribution is 5.94. The third-order valence-electron chi connectivity index (χ3n) is 6.88. The van der Waals surface area contributed by atoms with Crippen LogP contribution >= 0.6 is 0 Å². The van der Waals surface area contributed by atoms with Crippen LogP contribution in [0.1, 0.15) is 29.9 Å². The summed E-state index contributed by atoms with van der Waals surface area (Å²) in [5.74, 6) is 0.109. The van der Waals surface area contributed by atoms with Gasteiger partial charge in [0.2, 0.25) is 5.91 Å². The number of amides is 1. The van der Waals surface area contributed by atoms with E-state index < -0.39 is 4.92 Å². The van der Waals surface area contributed by atoms with Gasteiger partial charge in [-0.2, -0.15) is 0 Å². The second-order valence-electron chi connectivity index (χ2n) is 9.27. The van der Waals surface area contributed by atoms with Gasteiger partial charge in [0.25, 0.3) is 5.69 Å². The lowest BCUT2D eigenvalue weighted by Gasteiger charge is -2.34. The molecule has 5 rings (SSSR count). The number of benzene rings is 2. The SMILES string of the molecule is CC(=O)c1ccc(-c2ccc3nc(-c4ccc([N+](=O)[O-])cc4)c(CN4CCN(C(C)=O)CC4)n3c2)cc1. The first-order chi connectivity index (χ1) is 17.8. The van der Waals surface area contributed by atoms with Gasteiger partial charge in [-0.3, -0.25) is 24.6 Å². The predicted octanol–water partition coefficient (Wildman–Crippen LogP) is 4.44. The quantitative estimate of drug-likeness (QED) is 0.222. The molecule has 37 heavy (non-hydrogen) atoms. The zero-order chi connectivity index (χ0) is 26.1. The molecule has 1 aliphatic rings. The number of non-ortho nitro benzene ring substituents is 1. The summed E-state index contributed by atoms with van der Waals surface area (Å²) in [5, 5.41) is 11.2. The van der Waals surface area contributed by atoms with E-state index >= 15 is 0 Å². The van der Waals surface area contributed by atoms with E-state index in [1.807, 2.05) is 47.5 Å². The van der Waals surface area contributed by atoms with Gasteiger partial charge in [0.15, 0.2) is 5.78 Å². The maximum Gasteiger partial charge on any atom is 0.269 e. The van der Waals surface area contributed by atoms with Crippen molar-refractivity contribution >= 4 is 23.0 Å². The van der Waals surface area contributed by atoms with E-state index in [0.29, 0.717) is 25.2 Å². The third kappa shape index (κ3) is 4.99. The Bertz CT molecular complexity index is 1480. The van der Waals surface area contributed by atoms with Gasteiger partial charge < -0.3 is 9.30 Å². The molecule has 9 heteroatoms. The number of ketones is 1. The van der Waals surface area contributed by atoms with Crippen LogP contribution in [0.3, 0.4) is 0 Å². The largest absolute Gasteiger partial charge is 0.340 e. The Kier molecular flexibility index (Phi) is 6.54. The van der Waals surface area contributed by atoms with Gasteiger partial charge in [-0.15, -0.1) is 0 Å². The monoisotopic (exact) mass is 497 g/mol. The number of rotatable bonds is 6. The van der Waals surface area contributed by atoms with Crippen molar-refractivity contribution in [2.45, 2.75) is 20.4 Å². The molecule has 3 heterocycles. The van der Waals surface area contributed by atoms with E-state index in [9.17, 15) is 19.7 Å². The topological polar surface area (TPSA) is 101 Å². The van der Waals surface area contributed by atoms with Crippen LogP contribution in [0.25, 0.3) is 28.0 Å². The maximum atomic E-state index is 11.8. The summed E-state index contributed by atoms with van der Waals surface area (Å²) >= 11 is 0. The Morgan fingerprint density at radius 2 is 1.49 bits per heavy atom. The van der Waals surface area contributed by atoms with E-state index in [1.165, 1.54) is 12.1 Å². The molecule has 1 amide bonds. The minimum absolute atomic E-state index is 0.0245. The van der Waals surface area contributed by atoms with Gasteiger partial charge >= 0.3 is 0 Å². The van der Waals surface area contributed by atoms with Gasteiger partial charge in [-0.25, -0.2) is 4.98 Å². The summed E-state index contributed by atoms with van der Waals surface area (Å²) in [6.45, 7) is 6.61. The number of hydrogen-bond acceptors (Lipinski definition) is 6. The van der Waals surface area contributed by atoms with Crippen molar-refractivity contribution in [1.82, 2.24) is 19.2 Å². The molecule has 0 bridgehead atoms. The van der Waals surface area contributed by atoms with Crippen LogP contribution in [-0.2, 0) is 11.3 Å². The Morgan fingerprint density at radius 1 is 0.865 bits per heavy atom. The van der Waals surface area contributed by atoms with Crippen molar-refractivity contribution in [2.24, 2.45) is 0 Å². The van der Waals surface area contributed by atoms with Crippen molar-refractivity contribution in [2.75, 3.05) is 26.2 Å². The van der Waals surface area contributed by atoms with Crippen molar-refractivity contribution in [3.05, 3.63) is 88.2 Å². The second kappa shape index (κ2) is 9.94. The first-order valence-corrected chi connectivity index (χ1v) is 12.2. The highest BCUT2D eigenvalue weighted by Gasteiger charge is 2.23. The lowest BCUT2D eigenvalue weighted by molar-refractivity contribution is -0.384. The number of nitro benzene ring substituents is 1. The number of hydrogen-bond donors (Lipinski definition) is 0. The van der Waals surface area contributed by atoms with Crippen molar-refractivity contribution in [1.29, 1.82) is 0 Å². The molecule has 0 spiro atoms. The van der Waals surface area contributed by atoms with E-state index in [-0.39, 0.29) is 17.4 Å². The molecule has 1 saturated heterocycles. The van der Waals surface area contributed by atoms with E-state index in [2.05, 4.69) is 9.30 Å². The Morgan fingerprint density at radius 3 is 2.08 bits per heavy atom. The number of nitro groups is 1. The van der Waals surface area contributed by atoms with Crippen LogP contribution in [0.5, 0.6) is 0 Å². The van der Waals surface area contributed by atoms with Gasteiger partial charge in [0.05, 0.1) is 16.3 Å². The average molecular weight is 498 g/mol. The molecule has 0 unspecified atom stereocenters. The maximum absolute atomic E-state index is 11.8. The number of carbonyl (C=O) groups is 2. The normalized spacial score (nSPS) is 14.2. The van der Waals surface area contributed by atoms with Gasteiger partial charge in [0, 0.05) is 69.1 Å². The lowest BCUT2D eigenvalue weighted by Crippen LogP contribution is -2.47. The van der Waals surface area contributed by atoms with Crippen LogP contribution < -0.4 is 0 Å². The molecular weight excluding hydrogens is 470 g/mol. The summed E-state index contributed by atoms with van der Waals surface area (Å²) in [6.07, 6.45) is 2.04. The van der Waals surface area contributed by atoms with Gasteiger partial charge in [0.1, 0.15) is 5.65 Å². The highest BCUT2D eigenvalue weighted by atomic mass is 16.6. The number of piperazine rings is 1. The molecule has 9 nitrogen and oxygen atoms in total. The van der Waals surface area contributed by atoms with E-state index in [1.54, 1.807) is 26.0 Å². The number of carbonyl (C=O) groups excluding carboxylic acids is 2. The van der Waals surface area contributed by atoms with Crippen LogP contribution in [-0.4, -0.2) is 62.0 Å². The number of aromatic nitrogens is 2. The molecule has 188 valence electrons. The Balaban J connectivity index is 1.55. The standard InChI is InChI=1S/C28H27N5O4/c1-19(34)21-3-5-22(6-4-21)24-9-12-27-29-28(23-7-10-25(11-8-23)33(36)37)26(32(27)17-24)18-30-13-15-31(16-14-30)20(2)35/h3-12,17H,13-16,18H2,1-2H3. The first-order valence-electron chi connectivity index (χ1n) is 12.2. The molecule has 2 aromatic heterocycles. The summed E-state index contributed by atoms with van der Waals surface area (Å²) in [6, 6.07) is 17.9. The number of fused-ring (bicyclic) bond motifs is 1. The molecule has 0 saturated carbocycles. The molecule has 0 radical (unpaired) electrons. The zero-order valence-electron chi connectivity index (χ0n) is 20.8. The van der Waals surface area contributed by atoms with Crippen LogP contribution in [0.4, 0.5) is 5.69 Å². The van der Waals surface area contributed by atoms with Gasteiger partial charge in [-0.05, 0) is 42.3 Å². The zero-order valence-corrected chi connectivity index (χ0v) is 20.8. The summed E-state index contributed by atoms with van der Waals surface area (Å²) in [7, 11) is 0. The van der Waals surface area contributed by atoms with E-state index in [0.717, 1.165) is 46.8 Å². The molecule has 0 aliphatic carbocycles. The number of pyridine rings is 1. The average Bonchev–Trinajstić information content (AvgIpc) is 3.26. The molecular formula is C28H27N5O4. The fourth-order valence-electron chi connectivity index (χ4n) is 4.72. The molecule has 1 aliphatic heterocycles. The summed E-state index contributed by atoms with van der Waals surface area (Å²) in [5.41, 5.74) is 5.99. The number of Topliss-reactive ketones (excluding diaryl/α,β-unsaturated/α-hetero) is 1. The molecule has 0 N–H and O–H groups in total. The Labute approximate surface area is 214 Å². The fraction of sp³-hybridized carbons (Fsp3) is 0.250. The lowest BCUT2D eigenvalue weighted by atomic mass is 10.0. The molecule has 1 fully saturated rings. The summed E-state index contributed by atoms with van der Waals surface area (Å²) < 4.78 is 2.07. The number of imidazole rings is 1. The fourth-order valence-corrected chi connectivity index (χ4v) is 4.72. The highest BCUT2D eigenvalue weighted by Crippen LogP contribution is 2.30. The van der Waals surface area contributed by atoms with Crippen LogP contribution in [0.2, 0.25) is 0 Å². The first kappa shape index (κ1) is 24.3.